The van der Waals surface area contributed by atoms with Crippen molar-refractivity contribution < 1.29 is 13.2 Å². The summed E-state index contributed by atoms with van der Waals surface area (Å²) in [6.45, 7) is 6.41. The number of piperazine rings is 1. The van der Waals surface area contributed by atoms with E-state index in [-0.39, 0.29) is 10.5 Å². The Morgan fingerprint density at radius 1 is 0.879 bits per heavy atom. The third-order valence-electron chi connectivity index (χ3n) is 5.88. The number of benzene rings is 2. The second kappa shape index (κ2) is 10.9. The first-order valence-electron chi connectivity index (χ1n) is 11.3. The summed E-state index contributed by atoms with van der Waals surface area (Å²) in [7, 11) is -3.71. The quantitative estimate of drug-likeness (QED) is 0.440. The zero-order chi connectivity index (χ0) is 23.1. The van der Waals surface area contributed by atoms with Crippen molar-refractivity contribution in [3.63, 3.8) is 0 Å². The van der Waals surface area contributed by atoms with Crippen molar-refractivity contribution in [3.8, 4) is 5.75 Å². The molecule has 0 unspecified atom stereocenters. The molecule has 1 aromatic heterocycles. The van der Waals surface area contributed by atoms with Crippen molar-refractivity contribution in [2.75, 3.05) is 52.4 Å². The van der Waals surface area contributed by atoms with Gasteiger partial charge in [-0.25, -0.2) is 13.1 Å². The first-order valence-corrected chi connectivity index (χ1v) is 12.7. The van der Waals surface area contributed by atoms with Gasteiger partial charge in [0.15, 0.2) is 0 Å². The van der Waals surface area contributed by atoms with E-state index in [0.717, 1.165) is 44.9 Å². The number of hydrogen-bond donors (Lipinski definition) is 2. The molecule has 4 rings (SSSR count). The zero-order valence-electron chi connectivity index (χ0n) is 18.6. The molecule has 2 heterocycles. The second-order valence-electron chi connectivity index (χ2n) is 8.12. The second-order valence-corrected chi connectivity index (χ2v) is 9.86. The fraction of sp³-hybridized carbons (Fsp3) is 0.375. The van der Waals surface area contributed by atoms with Crippen molar-refractivity contribution in [1.82, 2.24) is 19.5 Å². The fourth-order valence-corrected chi connectivity index (χ4v) is 5.31. The number of para-hydroxylation sites is 1. The largest absolute Gasteiger partial charge is 0.494 e. The fourth-order valence-electron chi connectivity index (χ4n) is 4.07. The predicted octanol–water partition coefficient (Wildman–Crippen LogP) is 1.89. The molecule has 0 saturated carbocycles. The van der Waals surface area contributed by atoms with Gasteiger partial charge < -0.3 is 14.6 Å². The van der Waals surface area contributed by atoms with Crippen LogP contribution in [0.25, 0.3) is 10.8 Å². The summed E-state index contributed by atoms with van der Waals surface area (Å²) in [6, 6.07) is 16.2. The number of aromatic amines is 1. The van der Waals surface area contributed by atoms with E-state index in [2.05, 4.69) is 19.5 Å². The van der Waals surface area contributed by atoms with Crippen LogP contribution in [0.15, 0.2) is 70.5 Å². The van der Waals surface area contributed by atoms with E-state index >= 15 is 0 Å². The summed E-state index contributed by atoms with van der Waals surface area (Å²) in [5, 5.41) is 0.796. The minimum atomic E-state index is -3.71. The molecule has 2 N–H and O–H groups in total. The van der Waals surface area contributed by atoms with Gasteiger partial charge >= 0.3 is 0 Å². The summed E-state index contributed by atoms with van der Waals surface area (Å²) < 4.78 is 34.1. The van der Waals surface area contributed by atoms with Crippen LogP contribution in [-0.2, 0) is 10.0 Å². The molecule has 0 spiro atoms. The lowest BCUT2D eigenvalue weighted by atomic mass is 10.2. The summed E-state index contributed by atoms with van der Waals surface area (Å²) >= 11 is 0. The highest BCUT2D eigenvalue weighted by atomic mass is 32.2. The number of ether oxygens (including phenoxy) is 1. The number of H-pyrrole nitrogens is 1. The van der Waals surface area contributed by atoms with Gasteiger partial charge in [-0.15, -0.1) is 0 Å². The van der Waals surface area contributed by atoms with Gasteiger partial charge in [0.1, 0.15) is 5.75 Å². The van der Waals surface area contributed by atoms with E-state index in [1.165, 1.54) is 12.3 Å². The number of fused-ring (bicyclic) bond motifs is 1. The lowest BCUT2D eigenvalue weighted by Gasteiger charge is -2.34. The Bertz CT molecular complexity index is 1210. The molecule has 1 aliphatic rings. The van der Waals surface area contributed by atoms with E-state index in [4.69, 9.17) is 4.74 Å². The molecule has 0 aliphatic carbocycles. The topological polar surface area (TPSA) is 94.7 Å². The van der Waals surface area contributed by atoms with Crippen molar-refractivity contribution in [2.45, 2.75) is 11.3 Å². The van der Waals surface area contributed by atoms with Gasteiger partial charge in [0.05, 0.1) is 11.5 Å². The number of hydrogen-bond acceptors (Lipinski definition) is 6. The Morgan fingerprint density at radius 3 is 2.36 bits per heavy atom. The van der Waals surface area contributed by atoms with Crippen molar-refractivity contribution in [2.24, 2.45) is 0 Å². The van der Waals surface area contributed by atoms with Crippen LogP contribution in [0.5, 0.6) is 5.75 Å². The maximum atomic E-state index is 12.8. The molecular weight excluding hydrogens is 440 g/mol. The van der Waals surface area contributed by atoms with E-state index in [9.17, 15) is 13.2 Å². The van der Waals surface area contributed by atoms with Crippen LogP contribution in [0.1, 0.15) is 6.42 Å². The van der Waals surface area contributed by atoms with Crippen molar-refractivity contribution in [3.05, 3.63) is 71.1 Å². The van der Waals surface area contributed by atoms with Gasteiger partial charge in [-0.2, -0.15) is 0 Å². The maximum absolute atomic E-state index is 12.8. The lowest BCUT2D eigenvalue weighted by molar-refractivity contribution is 0.128. The van der Waals surface area contributed by atoms with Crippen LogP contribution in [0.4, 0.5) is 0 Å². The third kappa shape index (κ3) is 6.20. The van der Waals surface area contributed by atoms with Crippen molar-refractivity contribution in [1.29, 1.82) is 0 Å². The molecule has 2 aromatic carbocycles. The Kier molecular flexibility index (Phi) is 7.77. The van der Waals surface area contributed by atoms with Gasteiger partial charge in [-0.3, -0.25) is 9.69 Å². The summed E-state index contributed by atoms with van der Waals surface area (Å²) in [4.78, 5) is 19.4. The minimum absolute atomic E-state index is 0.133. The molecular formula is C24H30N4O4S. The van der Waals surface area contributed by atoms with Gasteiger partial charge in [-0.1, -0.05) is 24.3 Å². The van der Waals surface area contributed by atoms with Gasteiger partial charge in [0.2, 0.25) is 10.0 Å². The molecule has 0 radical (unpaired) electrons. The molecule has 3 aromatic rings. The summed E-state index contributed by atoms with van der Waals surface area (Å²) in [6.07, 6.45) is 2.44. The Balaban J connectivity index is 1.19. The Labute approximate surface area is 194 Å². The van der Waals surface area contributed by atoms with Crippen LogP contribution in [-0.4, -0.2) is 75.6 Å². The van der Waals surface area contributed by atoms with E-state index < -0.39 is 10.0 Å². The molecule has 1 aliphatic heterocycles. The molecule has 9 heteroatoms. The number of nitrogens with zero attached hydrogens (tertiary/aromatic N) is 2. The number of nitrogens with one attached hydrogen (secondary N) is 2. The zero-order valence-corrected chi connectivity index (χ0v) is 19.4. The van der Waals surface area contributed by atoms with Gasteiger partial charge in [0.25, 0.3) is 5.56 Å². The average Bonchev–Trinajstić information content (AvgIpc) is 2.83. The normalized spacial score (nSPS) is 15.6. The van der Waals surface area contributed by atoms with Gasteiger partial charge in [0, 0.05) is 62.8 Å². The predicted molar refractivity (Wildman–Crippen MR) is 129 cm³/mol. The first kappa shape index (κ1) is 23.4. The van der Waals surface area contributed by atoms with Crippen LogP contribution >= 0.6 is 0 Å². The highest BCUT2D eigenvalue weighted by Crippen LogP contribution is 2.19. The monoisotopic (exact) mass is 470 g/mol. The standard InChI is InChI=1S/C24H30N4O4S/c29-24-22-8-4-9-23(21(22)10-11-25-24)33(30,31)26-12-14-28-17-15-27(16-18-28)13-5-19-32-20-6-2-1-3-7-20/h1-4,6-11,26H,5,12-19H2,(H,25,29). The number of aromatic nitrogens is 1. The lowest BCUT2D eigenvalue weighted by Crippen LogP contribution is -2.48. The smallest absolute Gasteiger partial charge is 0.255 e. The summed E-state index contributed by atoms with van der Waals surface area (Å²) in [5.74, 6) is 0.903. The number of rotatable bonds is 10. The van der Waals surface area contributed by atoms with Crippen LogP contribution < -0.4 is 15.0 Å². The maximum Gasteiger partial charge on any atom is 0.255 e. The van der Waals surface area contributed by atoms with Gasteiger partial charge in [-0.05, 0) is 36.8 Å². The highest BCUT2D eigenvalue weighted by molar-refractivity contribution is 7.89. The summed E-state index contributed by atoms with van der Waals surface area (Å²) in [5.41, 5.74) is -0.297. The average molecular weight is 471 g/mol. The Morgan fingerprint density at radius 2 is 1.61 bits per heavy atom. The molecule has 0 amide bonds. The SMILES string of the molecule is O=c1[nH]ccc2c(S(=O)(=O)NCCN3CCN(CCCOc4ccccc4)CC3)cccc12. The van der Waals surface area contributed by atoms with Crippen LogP contribution in [0.3, 0.4) is 0 Å². The molecule has 33 heavy (non-hydrogen) atoms. The van der Waals surface area contributed by atoms with E-state index in [1.54, 1.807) is 18.2 Å². The highest BCUT2D eigenvalue weighted by Gasteiger charge is 2.20. The molecule has 1 fully saturated rings. The van der Waals surface area contributed by atoms with Crippen LogP contribution in [0, 0.1) is 0 Å². The minimum Gasteiger partial charge on any atom is -0.494 e. The number of pyridine rings is 1. The Hall–Kier alpha value is -2.72. The third-order valence-corrected chi connectivity index (χ3v) is 7.40. The van der Waals surface area contributed by atoms with Crippen molar-refractivity contribution >= 4 is 20.8 Å². The van der Waals surface area contributed by atoms with E-state index in [0.29, 0.717) is 30.5 Å². The molecule has 0 atom stereocenters. The van der Waals surface area contributed by atoms with Crippen LogP contribution in [0.2, 0.25) is 0 Å². The molecule has 1 saturated heterocycles. The molecule has 0 bridgehead atoms. The first-order chi connectivity index (χ1) is 16.0. The number of sulfonamides is 1. The molecule has 8 nitrogen and oxygen atoms in total. The van der Waals surface area contributed by atoms with E-state index in [1.807, 2.05) is 30.3 Å². The molecule has 176 valence electrons.